The quantitative estimate of drug-likeness (QED) is 0.799. The molecule has 1 atom stereocenters. The lowest BCUT2D eigenvalue weighted by Crippen LogP contribution is -2.36. The number of nitrogens with zero attached hydrogens (tertiary/aromatic N) is 1. The number of carbonyl (C=O) groups excluding carboxylic acids is 1. The van der Waals surface area contributed by atoms with Gasteiger partial charge in [-0.2, -0.15) is 0 Å². The highest BCUT2D eigenvalue weighted by Crippen LogP contribution is 2.22. The Morgan fingerprint density at radius 1 is 1.26 bits per heavy atom. The number of carbonyl (C=O) groups is 1. The van der Waals surface area contributed by atoms with E-state index in [0.717, 1.165) is 38.6 Å². The minimum absolute atomic E-state index is 0.181. The summed E-state index contributed by atoms with van der Waals surface area (Å²) < 4.78 is 0. The van der Waals surface area contributed by atoms with E-state index in [2.05, 4.69) is 24.3 Å². The molecule has 0 saturated carbocycles. The molecule has 104 valence electrons. The molecule has 0 aromatic heterocycles. The number of hydrogen-bond donors (Lipinski definition) is 1. The van der Waals surface area contributed by atoms with Crippen LogP contribution in [0.4, 0.5) is 0 Å². The summed E-state index contributed by atoms with van der Waals surface area (Å²) in [5, 5.41) is 8.77. The molecule has 0 spiro atoms. The fourth-order valence-electron chi connectivity index (χ4n) is 2.79. The molecule has 3 heteroatoms. The minimum Gasteiger partial charge on any atom is -0.396 e. The molecule has 1 N–H and O–H groups in total. The van der Waals surface area contributed by atoms with Crippen molar-refractivity contribution in [3.8, 4) is 0 Å². The van der Waals surface area contributed by atoms with E-state index < -0.39 is 0 Å². The summed E-state index contributed by atoms with van der Waals surface area (Å²) in [5.41, 5.74) is 1.31. The number of unbranched alkanes of at least 4 members (excludes halogenated alkanes) is 1. The van der Waals surface area contributed by atoms with Gasteiger partial charge in [0.15, 0.2) is 0 Å². The Morgan fingerprint density at radius 3 is 2.79 bits per heavy atom. The van der Waals surface area contributed by atoms with Gasteiger partial charge in [-0.05, 0) is 37.7 Å². The fourth-order valence-corrected chi connectivity index (χ4v) is 2.79. The largest absolute Gasteiger partial charge is 0.396 e. The molecule has 1 amide bonds. The number of rotatable bonds is 6. The molecule has 1 heterocycles. The van der Waals surface area contributed by atoms with Crippen LogP contribution in [0.3, 0.4) is 0 Å². The molecule has 2 rings (SSSR count). The van der Waals surface area contributed by atoms with Gasteiger partial charge in [-0.15, -0.1) is 0 Å². The van der Waals surface area contributed by atoms with Crippen molar-refractivity contribution in [3.63, 3.8) is 0 Å². The van der Waals surface area contributed by atoms with E-state index in [4.69, 9.17) is 5.11 Å². The maximum atomic E-state index is 12.2. The van der Waals surface area contributed by atoms with Crippen molar-refractivity contribution in [1.29, 1.82) is 0 Å². The molecule has 1 aromatic rings. The van der Waals surface area contributed by atoms with E-state index in [9.17, 15) is 4.79 Å². The Bertz CT molecular complexity index is 391. The molecular weight excluding hydrogens is 238 g/mol. The average molecular weight is 261 g/mol. The summed E-state index contributed by atoms with van der Waals surface area (Å²) in [6.45, 7) is 1.08. The van der Waals surface area contributed by atoms with Gasteiger partial charge in [0.2, 0.25) is 5.91 Å². The smallest absolute Gasteiger partial charge is 0.222 e. The van der Waals surface area contributed by atoms with Crippen molar-refractivity contribution in [2.75, 3.05) is 13.2 Å². The lowest BCUT2D eigenvalue weighted by Gasteiger charge is -2.25. The summed E-state index contributed by atoms with van der Waals surface area (Å²) in [7, 11) is 0. The van der Waals surface area contributed by atoms with Crippen LogP contribution in [0.5, 0.6) is 0 Å². The number of hydrogen-bond acceptors (Lipinski definition) is 2. The third-order valence-corrected chi connectivity index (χ3v) is 3.81. The second-order valence-electron chi connectivity index (χ2n) is 5.25. The van der Waals surface area contributed by atoms with E-state index in [1.165, 1.54) is 5.56 Å². The molecule has 0 bridgehead atoms. The minimum atomic E-state index is 0.181. The third kappa shape index (κ3) is 4.06. The summed E-state index contributed by atoms with van der Waals surface area (Å²) in [6.07, 6.45) is 5.29. The Labute approximate surface area is 115 Å². The Kier molecular flexibility index (Phi) is 5.40. The van der Waals surface area contributed by atoms with Gasteiger partial charge in [0.1, 0.15) is 0 Å². The van der Waals surface area contributed by atoms with Crippen LogP contribution in [0.2, 0.25) is 0 Å². The highest BCUT2D eigenvalue weighted by Gasteiger charge is 2.27. The lowest BCUT2D eigenvalue weighted by molar-refractivity contribution is -0.132. The van der Waals surface area contributed by atoms with Crippen molar-refractivity contribution >= 4 is 5.91 Å². The maximum absolute atomic E-state index is 12.2. The summed E-state index contributed by atoms with van der Waals surface area (Å²) in [6, 6.07) is 10.8. The molecule has 1 aliphatic rings. The van der Waals surface area contributed by atoms with Crippen molar-refractivity contribution in [3.05, 3.63) is 35.9 Å². The van der Waals surface area contributed by atoms with Crippen molar-refractivity contribution in [2.45, 2.75) is 44.6 Å². The van der Waals surface area contributed by atoms with Crippen molar-refractivity contribution < 1.29 is 9.90 Å². The predicted octanol–water partition coefficient (Wildman–Crippen LogP) is 2.38. The molecule has 1 aliphatic heterocycles. The van der Waals surface area contributed by atoms with Crippen LogP contribution < -0.4 is 0 Å². The second kappa shape index (κ2) is 7.29. The maximum Gasteiger partial charge on any atom is 0.222 e. The molecule has 1 fully saturated rings. The first-order chi connectivity index (χ1) is 9.31. The molecule has 3 nitrogen and oxygen atoms in total. The molecule has 0 radical (unpaired) electrons. The van der Waals surface area contributed by atoms with Crippen LogP contribution in [-0.2, 0) is 11.2 Å². The first-order valence-corrected chi connectivity index (χ1v) is 7.25. The fraction of sp³-hybridized carbons (Fsp3) is 0.562. The van der Waals surface area contributed by atoms with E-state index in [1.54, 1.807) is 0 Å². The van der Waals surface area contributed by atoms with Crippen LogP contribution in [-0.4, -0.2) is 35.1 Å². The molecule has 0 aliphatic carbocycles. The number of aliphatic hydroxyl groups is 1. The molecule has 1 unspecified atom stereocenters. The van der Waals surface area contributed by atoms with E-state index in [0.29, 0.717) is 12.5 Å². The first kappa shape index (κ1) is 14.1. The third-order valence-electron chi connectivity index (χ3n) is 3.81. The summed E-state index contributed by atoms with van der Waals surface area (Å²) in [4.78, 5) is 14.2. The Hall–Kier alpha value is -1.35. The second-order valence-corrected chi connectivity index (χ2v) is 5.25. The normalized spacial score (nSPS) is 18.8. The highest BCUT2D eigenvalue weighted by atomic mass is 16.3. The molecular formula is C16H23NO2. The number of aliphatic hydroxyl groups excluding tert-OH is 1. The van der Waals surface area contributed by atoms with Gasteiger partial charge < -0.3 is 10.0 Å². The average Bonchev–Trinajstić information content (AvgIpc) is 2.88. The predicted molar refractivity (Wildman–Crippen MR) is 75.8 cm³/mol. The molecule has 1 saturated heterocycles. The SMILES string of the molecule is O=C(CCCCO)N1CCCC1Cc1ccccc1. The zero-order valence-electron chi connectivity index (χ0n) is 11.4. The van der Waals surface area contributed by atoms with Gasteiger partial charge in [-0.3, -0.25) is 4.79 Å². The Morgan fingerprint density at radius 2 is 2.05 bits per heavy atom. The van der Waals surface area contributed by atoms with Crippen LogP contribution in [0.15, 0.2) is 30.3 Å². The van der Waals surface area contributed by atoms with E-state index >= 15 is 0 Å². The monoisotopic (exact) mass is 261 g/mol. The van der Waals surface area contributed by atoms with Crippen LogP contribution >= 0.6 is 0 Å². The highest BCUT2D eigenvalue weighted by molar-refractivity contribution is 5.76. The summed E-state index contributed by atoms with van der Waals surface area (Å²) in [5.74, 6) is 0.256. The summed E-state index contributed by atoms with van der Waals surface area (Å²) >= 11 is 0. The van der Waals surface area contributed by atoms with Crippen molar-refractivity contribution in [1.82, 2.24) is 4.90 Å². The van der Waals surface area contributed by atoms with Gasteiger partial charge in [0, 0.05) is 25.6 Å². The van der Waals surface area contributed by atoms with Crippen LogP contribution in [0, 0.1) is 0 Å². The number of amides is 1. The standard InChI is InChI=1S/C16H23NO2/c18-12-5-4-10-16(19)17-11-6-9-15(17)13-14-7-2-1-3-8-14/h1-3,7-8,15,18H,4-6,9-13H2. The zero-order chi connectivity index (χ0) is 13.5. The molecule has 1 aromatic carbocycles. The van der Waals surface area contributed by atoms with Crippen LogP contribution in [0.25, 0.3) is 0 Å². The van der Waals surface area contributed by atoms with Gasteiger partial charge in [0.05, 0.1) is 0 Å². The zero-order valence-corrected chi connectivity index (χ0v) is 11.4. The van der Waals surface area contributed by atoms with E-state index in [1.807, 2.05) is 11.0 Å². The topological polar surface area (TPSA) is 40.5 Å². The van der Waals surface area contributed by atoms with Crippen LogP contribution in [0.1, 0.15) is 37.7 Å². The van der Waals surface area contributed by atoms with Gasteiger partial charge >= 0.3 is 0 Å². The van der Waals surface area contributed by atoms with Gasteiger partial charge in [-0.25, -0.2) is 0 Å². The first-order valence-electron chi connectivity index (χ1n) is 7.25. The van der Waals surface area contributed by atoms with Crippen molar-refractivity contribution in [2.24, 2.45) is 0 Å². The number of benzene rings is 1. The number of likely N-dealkylation sites (tertiary alicyclic amines) is 1. The van der Waals surface area contributed by atoms with Gasteiger partial charge in [-0.1, -0.05) is 30.3 Å². The Balaban J connectivity index is 1.88. The molecule has 19 heavy (non-hydrogen) atoms. The van der Waals surface area contributed by atoms with E-state index in [-0.39, 0.29) is 12.5 Å². The van der Waals surface area contributed by atoms with Gasteiger partial charge in [0.25, 0.3) is 0 Å². The lowest BCUT2D eigenvalue weighted by atomic mass is 10.0.